The van der Waals surface area contributed by atoms with Crippen molar-refractivity contribution in [3.8, 4) is 22.3 Å². The van der Waals surface area contributed by atoms with Crippen molar-refractivity contribution in [1.82, 2.24) is 0 Å². The smallest absolute Gasteiger partial charge is 0.0618 e. The summed E-state index contributed by atoms with van der Waals surface area (Å²) >= 11 is 0. The molecule has 0 aliphatic rings. The highest BCUT2D eigenvalue weighted by Crippen LogP contribution is 2.51. The molecule has 2 nitrogen and oxygen atoms in total. The van der Waals surface area contributed by atoms with Crippen LogP contribution in [-0.2, 0) is 0 Å². The van der Waals surface area contributed by atoms with Crippen LogP contribution in [0.3, 0.4) is 0 Å². The van der Waals surface area contributed by atoms with E-state index in [9.17, 15) is 0 Å². The van der Waals surface area contributed by atoms with Crippen molar-refractivity contribution >= 4 is 88.0 Å². The van der Waals surface area contributed by atoms with Crippen molar-refractivity contribution in [2.45, 2.75) is 27.7 Å². The van der Waals surface area contributed by atoms with E-state index in [-0.39, 0.29) is 0 Å². The molecular weight excluding hydrogens is 821 g/mol. The van der Waals surface area contributed by atoms with E-state index in [1.54, 1.807) is 0 Å². The molecule has 0 aromatic heterocycles. The first-order valence-electron chi connectivity index (χ1n) is 23.7. The summed E-state index contributed by atoms with van der Waals surface area (Å²) in [7, 11) is 0. The highest BCUT2D eigenvalue weighted by atomic mass is 15.2. The minimum absolute atomic E-state index is 1.13. The standard InChI is InChI=1S/C66H50N2/c1-43-21-33-51(34-22-43)67(52-35-23-44(2)24-36-52)65-59-17-9-5-13-55(59)63(56-14-6-10-18-60(56)65)48-31-29-47-30-32-49(42-50(47)41-48)64-57-15-7-11-19-61(57)66(62-20-12-8-16-58(62)64)68(53-37-25-45(3)26-38-53)54-39-27-46(4)28-40-54/h5-42H,1-4H3. The van der Waals surface area contributed by atoms with Crippen LogP contribution in [0.15, 0.2) is 231 Å². The van der Waals surface area contributed by atoms with Crippen molar-refractivity contribution < 1.29 is 0 Å². The van der Waals surface area contributed by atoms with Crippen LogP contribution in [0.4, 0.5) is 34.1 Å². The Hall–Kier alpha value is -8.46. The monoisotopic (exact) mass is 870 g/mol. The molecule has 0 aliphatic heterocycles. The van der Waals surface area contributed by atoms with Crippen LogP contribution in [0.2, 0.25) is 0 Å². The maximum absolute atomic E-state index is 2.45. The molecule has 0 N–H and O–H groups in total. The number of benzene rings is 12. The van der Waals surface area contributed by atoms with Gasteiger partial charge in [0.1, 0.15) is 0 Å². The third-order valence-electron chi connectivity index (χ3n) is 13.8. The Morgan fingerprint density at radius 2 is 0.485 bits per heavy atom. The molecule has 12 rings (SSSR count). The first-order chi connectivity index (χ1) is 33.4. The van der Waals surface area contributed by atoms with Gasteiger partial charge in [-0.15, -0.1) is 0 Å². The van der Waals surface area contributed by atoms with Gasteiger partial charge in [-0.1, -0.05) is 192 Å². The fourth-order valence-corrected chi connectivity index (χ4v) is 10.5. The Morgan fingerprint density at radius 1 is 0.235 bits per heavy atom. The SMILES string of the molecule is Cc1ccc(N(c2ccc(C)cc2)c2c3ccccc3c(-c3ccc4ccc(-c5c6ccccc6c(N(c6ccc(C)cc6)c6ccc(C)cc6)c6ccccc56)cc4c3)c3ccccc23)cc1. The van der Waals surface area contributed by atoms with E-state index < -0.39 is 0 Å². The van der Waals surface area contributed by atoms with Gasteiger partial charge in [-0.05, 0) is 143 Å². The lowest BCUT2D eigenvalue weighted by Crippen LogP contribution is -2.11. The Labute approximate surface area is 398 Å². The van der Waals surface area contributed by atoms with Crippen molar-refractivity contribution in [2.24, 2.45) is 0 Å². The van der Waals surface area contributed by atoms with Gasteiger partial charge >= 0.3 is 0 Å². The van der Waals surface area contributed by atoms with Crippen LogP contribution in [0.1, 0.15) is 22.3 Å². The molecule has 0 atom stereocenters. The van der Waals surface area contributed by atoms with Crippen molar-refractivity contribution in [1.29, 1.82) is 0 Å². The van der Waals surface area contributed by atoms with Crippen LogP contribution < -0.4 is 9.80 Å². The second-order valence-corrected chi connectivity index (χ2v) is 18.4. The first kappa shape index (κ1) is 41.0. The van der Waals surface area contributed by atoms with Crippen molar-refractivity contribution in [2.75, 3.05) is 9.80 Å². The fourth-order valence-electron chi connectivity index (χ4n) is 10.5. The van der Waals surface area contributed by atoms with Crippen molar-refractivity contribution in [3.63, 3.8) is 0 Å². The summed E-state index contributed by atoms with van der Waals surface area (Å²) in [6.45, 7) is 8.61. The van der Waals surface area contributed by atoms with E-state index in [1.165, 1.54) is 110 Å². The van der Waals surface area contributed by atoms with E-state index in [0.29, 0.717) is 0 Å². The molecule has 324 valence electrons. The van der Waals surface area contributed by atoms with Gasteiger partial charge in [0.05, 0.1) is 11.4 Å². The van der Waals surface area contributed by atoms with Gasteiger partial charge in [0.2, 0.25) is 0 Å². The topological polar surface area (TPSA) is 6.48 Å². The number of fused-ring (bicyclic) bond motifs is 5. The summed E-state index contributed by atoms with van der Waals surface area (Å²) < 4.78 is 0. The van der Waals surface area contributed by atoms with Crippen molar-refractivity contribution in [3.05, 3.63) is 253 Å². The molecule has 68 heavy (non-hydrogen) atoms. The molecular formula is C66H50N2. The lowest BCUT2D eigenvalue weighted by molar-refractivity contribution is 1.29. The maximum Gasteiger partial charge on any atom is 0.0618 e. The number of hydrogen-bond donors (Lipinski definition) is 0. The van der Waals surface area contributed by atoms with Gasteiger partial charge < -0.3 is 9.80 Å². The maximum atomic E-state index is 2.45. The summed E-state index contributed by atoms with van der Waals surface area (Å²) in [4.78, 5) is 4.89. The molecule has 0 fully saturated rings. The Balaban J connectivity index is 1.07. The third-order valence-corrected chi connectivity index (χ3v) is 13.8. The first-order valence-corrected chi connectivity index (χ1v) is 23.7. The number of rotatable bonds is 8. The zero-order valence-corrected chi connectivity index (χ0v) is 38.8. The van der Waals surface area contributed by atoms with Gasteiger partial charge in [0, 0.05) is 44.3 Å². The molecule has 0 heterocycles. The largest absolute Gasteiger partial charge is 0.309 e. The number of nitrogens with zero attached hydrogens (tertiary/aromatic N) is 2. The molecule has 0 unspecified atom stereocenters. The second-order valence-electron chi connectivity index (χ2n) is 18.4. The average molecular weight is 871 g/mol. The quantitative estimate of drug-likeness (QED) is 0.140. The minimum Gasteiger partial charge on any atom is -0.309 e. The van der Waals surface area contributed by atoms with Gasteiger partial charge in [-0.2, -0.15) is 0 Å². The lowest BCUT2D eigenvalue weighted by atomic mass is 9.87. The van der Waals surface area contributed by atoms with E-state index in [4.69, 9.17) is 0 Å². The normalized spacial score (nSPS) is 11.5. The molecule has 0 amide bonds. The van der Waals surface area contributed by atoms with Gasteiger partial charge in [-0.25, -0.2) is 0 Å². The van der Waals surface area contributed by atoms with E-state index in [2.05, 4.69) is 268 Å². The molecule has 2 heteroatoms. The zero-order chi connectivity index (χ0) is 45.9. The highest BCUT2D eigenvalue weighted by molar-refractivity contribution is 6.24. The van der Waals surface area contributed by atoms with Crippen LogP contribution in [0, 0.1) is 27.7 Å². The number of aryl methyl sites for hydroxylation is 4. The number of hydrogen-bond acceptors (Lipinski definition) is 2. The molecule has 0 bridgehead atoms. The molecule has 0 spiro atoms. The van der Waals surface area contributed by atoms with E-state index in [1.807, 2.05) is 0 Å². The second kappa shape index (κ2) is 16.8. The summed E-state index contributed by atoms with van der Waals surface area (Å²) in [5.41, 5.74) is 16.7. The highest BCUT2D eigenvalue weighted by Gasteiger charge is 2.24. The van der Waals surface area contributed by atoms with Gasteiger partial charge in [0.25, 0.3) is 0 Å². The summed E-state index contributed by atoms with van der Waals surface area (Å²) in [5.74, 6) is 0. The van der Waals surface area contributed by atoms with E-state index >= 15 is 0 Å². The minimum atomic E-state index is 1.13. The predicted molar refractivity (Wildman–Crippen MR) is 293 cm³/mol. The average Bonchev–Trinajstić information content (AvgIpc) is 3.38. The molecule has 0 saturated carbocycles. The summed E-state index contributed by atoms with van der Waals surface area (Å²) in [6.07, 6.45) is 0. The Kier molecular flexibility index (Phi) is 10.1. The molecule has 12 aromatic rings. The lowest BCUT2D eigenvalue weighted by Gasteiger charge is -2.30. The molecule has 0 saturated heterocycles. The number of anilines is 6. The Bertz CT molecular complexity index is 3410. The molecule has 0 aliphatic carbocycles. The zero-order valence-electron chi connectivity index (χ0n) is 38.8. The fraction of sp³-hybridized carbons (Fsp3) is 0.0606. The van der Waals surface area contributed by atoms with Crippen LogP contribution in [-0.4, -0.2) is 0 Å². The van der Waals surface area contributed by atoms with Gasteiger partial charge in [0.15, 0.2) is 0 Å². The molecule has 12 aromatic carbocycles. The van der Waals surface area contributed by atoms with Gasteiger partial charge in [-0.3, -0.25) is 0 Å². The van der Waals surface area contributed by atoms with Crippen LogP contribution in [0.25, 0.3) is 76.1 Å². The van der Waals surface area contributed by atoms with Crippen LogP contribution in [0.5, 0.6) is 0 Å². The third kappa shape index (κ3) is 7.05. The van der Waals surface area contributed by atoms with Crippen LogP contribution >= 0.6 is 0 Å². The van der Waals surface area contributed by atoms with E-state index in [0.717, 1.165) is 22.7 Å². The predicted octanol–water partition coefficient (Wildman–Crippen LogP) is 19.0. The molecule has 0 radical (unpaired) electrons. The summed E-state index contributed by atoms with van der Waals surface area (Å²) in [5, 5.41) is 12.1. The summed E-state index contributed by atoms with van der Waals surface area (Å²) in [6, 6.07) is 85.6. The Morgan fingerprint density at radius 3 is 0.750 bits per heavy atom.